The first-order chi connectivity index (χ1) is 8.97. The van der Waals surface area contributed by atoms with Crippen LogP contribution in [0.5, 0.6) is 0 Å². The molecule has 1 N–H and O–H groups in total. The van der Waals surface area contributed by atoms with E-state index in [9.17, 15) is 9.90 Å². The van der Waals surface area contributed by atoms with Crippen LogP contribution in [0.15, 0.2) is 11.0 Å². The van der Waals surface area contributed by atoms with E-state index in [4.69, 9.17) is 14.2 Å². The minimum Gasteiger partial charge on any atom is -0.494 e. The van der Waals surface area contributed by atoms with E-state index in [1.54, 1.807) is 0 Å². The van der Waals surface area contributed by atoms with Gasteiger partial charge in [0.15, 0.2) is 6.10 Å². The predicted molar refractivity (Wildman–Crippen MR) is 79.4 cm³/mol. The summed E-state index contributed by atoms with van der Waals surface area (Å²) in [6.45, 7) is 11.0. The highest BCUT2D eigenvalue weighted by Gasteiger charge is 2.48. The number of aliphatic hydroxyl groups is 1. The van der Waals surface area contributed by atoms with E-state index in [0.29, 0.717) is 10.2 Å². The molecule has 0 spiro atoms. The van der Waals surface area contributed by atoms with Crippen LogP contribution in [0.25, 0.3) is 0 Å². The Morgan fingerprint density at radius 3 is 2.50 bits per heavy atom. The van der Waals surface area contributed by atoms with Gasteiger partial charge in [0.1, 0.15) is 18.3 Å². The Kier molecular flexibility index (Phi) is 5.05. The van der Waals surface area contributed by atoms with Crippen LogP contribution in [0.3, 0.4) is 0 Å². The second-order valence-electron chi connectivity index (χ2n) is 6.41. The number of hydrogen-bond donors (Lipinski definition) is 1. The van der Waals surface area contributed by atoms with E-state index in [0.717, 1.165) is 11.0 Å². The van der Waals surface area contributed by atoms with Crippen molar-refractivity contribution < 1.29 is 24.1 Å². The molecule has 3 atom stereocenters. The molecule has 1 rings (SSSR count). The van der Waals surface area contributed by atoms with Crippen molar-refractivity contribution in [2.24, 2.45) is 0 Å². The molecule has 0 unspecified atom stereocenters. The fourth-order valence-electron chi connectivity index (χ4n) is 2.40. The average Bonchev–Trinajstić information content (AvgIpc) is 2.28. The van der Waals surface area contributed by atoms with Gasteiger partial charge >= 0.3 is 5.97 Å². The molecule has 20 heavy (non-hydrogen) atoms. The average molecular weight is 302 g/mol. The molecule has 0 radical (unpaired) electrons. The van der Waals surface area contributed by atoms with E-state index < -0.39 is 23.4 Å². The van der Waals surface area contributed by atoms with Crippen LogP contribution in [0, 0.1) is 0 Å². The van der Waals surface area contributed by atoms with Crippen LogP contribution in [0.2, 0.25) is 0 Å². The number of esters is 1. The van der Waals surface area contributed by atoms with Crippen LogP contribution in [-0.2, 0) is 19.0 Å². The van der Waals surface area contributed by atoms with Gasteiger partial charge in [-0.2, -0.15) is 0 Å². The van der Waals surface area contributed by atoms with Crippen LogP contribution >= 0.6 is 0 Å². The number of ether oxygens (including phenoxy) is 3. The summed E-state index contributed by atoms with van der Waals surface area (Å²) in [7, 11) is 0.706. The summed E-state index contributed by atoms with van der Waals surface area (Å²) in [4.78, 5) is 10.9. The van der Waals surface area contributed by atoms with Crippen LogP contribution in [0.1, 0.15) is 41.5 Å². The van der Waals surface area contributed by atoms with Gasteiger partial charge in [0.05, 0.1) is 21.2 Å². The quantitative estimate of drug-likeness (QED) is 0.607. The normalized spacial score (nSPS) is 31.1. The van der Waals surface area contributed by atoms with Crippen molar-refractivity contribution in [2.75, 3.05) is 6.61 Å². The zero-order valence-electron chi connectivity index (χ0n) is 13.4. The Morgan fingerprint density at radius 1 is 1.50 bits per heavy atom. The molecule has 0 aromatic rings. The predicted octanol–water partition coefficient (Wildman–Crippen LogP) is 0.480. The maximum atomic E-state index is 10.9. The third-order valence-electron chi connectivity index (χ3n) is 3.49. The smallest absolute Gasteiger partial charge is 0.302 e. The lowest BCUT2D eigenvalue weighted by atomic mass is 9.85. The highest BCUT2D eigenvalue weighted by molar-refractivity contribution is 6.20. The highest BCUT2D eigenvalue weighted by Crippen LogP contribution is 2.38. The topological polar surface area (TPSA) is 65.0 Å². The first kappa shape index (κ1) is 17.2. The minimum atomic E-state index is -0.890. The van der Waals surface area contributed by atoms with Crippen molar-refractivity contribution in [3.63, 3.8) is 0 Å². The lowest BCUT2D eigenvalue weighted by Crippen LogP contribution is -2.57. The van der Waals surface area contributed by atoms with Crippen LogP contribution in [-0.4, -0.2) is 51.3 Å². The van der Waals surface area contributed by atoms with Crippen LogP contribution in [0.4, 0.5) is 0 Å². The standard InChI is InChI=1S/C14H26O5Si/c1-8-12(20)18-10(7-17-9(2)15)11(16)14(8,6)19-13(3,4)5/h10-11,16H,7H2,1-6,20H3/t10-,11-,14-/m1/s1. The summed E-state index contributed by atoms with van der Waals surface area (Å²) in [6, 6.07) is 0. The molecule has 116 valence electrons. The Bertz CT molecular complexity index is 412. The summed E-state index contributed by atoms with van der Waals surface area (Å²) < 4.78 is 16.8. The van der Waals surface area contributed by atoms with Crippen molar-refractivity contribution in [1.29, 1.82) is 0 Å². The van der Waals surface area contributed by atoms with E-state index >= 15 is 0 Å². The van der Waals surface area contributed by atoms with Crippen molar-refractivity contribution in [3.05, 3.63) is 11.0 Å². The lowest BCUT2D eigenvalue weighted by molar-refractivity contribution is -0.201. The van der Waals surface area contributed by atoms with Gasteiger partial charge in [-0.05, 0) is 40.2 Å². The number of carbonyl (C=O) groups excluding carboxylic acids is 1. The van der Waals surface area contributed by atoms with E-state index in [2.05, 4.69) is 0 Å². The Labute approximate surface area is 123 Å². The minimum absolute atomic E-state index is 0.0264. The number of aliphatic hydroxyl groups excluding tert-OH is 1. The fourth-order valence-corrected chi connectivity index (χ4v) is 3.20. The highest BCUT2D eigenvalue weighted by atomic mass is 28.1. The molecule has 1 heterocycles. The molecule has 5 nitrogen and oxygen atoms in total. The molecular formula is C14H26O5Si. The second-order valence-corrected chi connectivity index (χ2v) is 7.31. The zero-order valence-corrected chi connectivity index (χ0v) is 15.4. The van der Waals surface area contributed by atoms with Crippen molar-refractivity contribution in [1.82, 2.24) is 0 Å². The molecule has 6 heteroatoms. The van der Waals surface area contributed by atoms with Gasteiger partial charge in [0.25, 0.3) is 0 Å². The van der Waals surface area contributed by atoms with Gasteiger partial charge < -0.3 is 19.3 Å². The van der Waals surface area contributed by atoms with Crippen molar-refractivity contribution in [2.45, 2.75) is 65.0 Å². The molecule has 0 aromatic heterocycles. The Hall–Kier alpha value is -0.853. The van der Waals surface area contributed by atoms with Crippen LogP contribution < -0.4 is 0 Å². The summed E-state index contributed by atoms with van der Waals surface area (Å²) >= 11 is 0. The van der Waals surface area contributed by atoms with Gasteiger partial charge in [0.2, 0.25) is 0 Å². The summed E-state index contributed by atoms with van der Waals surface area (Å²) in [6.07, 6.45) is -1.48. The molecule has 0 amide bonds. The van der Waals surface area contributed by atoms with Gasteiger partial charge in [0, 0.05) is 6.92 Å². The van der Waals surface area contributed by atoms with E-state index in [1.807, 2.05) is 34.6 Å². The summed E-state index contributed by atoms with van der Waals surface area (Å²) in [5.41, 5.74) is -0.328. The molecule has 0 saturated carbocycles. The van der Waals surface area contributed by atoms with E-state index in [1.165, 1.54) is 6.92 Å². The van der Waals surface area contributed by atoms with Gasteiger partial charge in [-0.25, -0.2) is 0 Å². The SMILES string of the molecule is CC(=O)OC[C@H]1OC([SiH3])=C(C)[C@@](C)(OC(C)(C)C)[C@@H]1O. The first-order valence-electron chi connectivity index (χ1n) is 6.83. The molecule has 0 fully saturated rings. The maximum absolute atomic E-state index is 10.9. The molecular weight excluding hydrogens is 276 g/mol. The molecule has 0 bridgehead atoms. The Balaban J connectivity index is 3.02. The van der Waals surface area contributed by atoms with Gasteiger partial charge in [-0.1, -0.05) is 0 Å². The number of hydrogen-bond acceptors (Lipinski definition) is 5. The summed E-state index contributed by atoms with van der Waals surface area (Å²) in [5, 5.41) is 11.4. The molecule has 1 aliphatic rings. The van der Waals surface area contributed by atoms with Gasteiger partial charge in [-0.3, -0.25) is 4.79 Å². The third-order valence-corrected chi connectivity index (χ3v) is 4.47. The number of rotatable bonds is 3. The maximum Gasteiger partial charge on any atom is 0.302 e. The molecule has 0 aliphatic carbocycles. The molecule has 0 saturated heterocycles. The molecule has 1 aliphatic heterocycles. The summed E-state index contributed by atoms with van der Waals surface area (Å²) in [5.74, 6) is -0.389. The number of carbonyl (C=O) groups is 1. The zero-order chi connectivity index (χ0) is 15.7. The Morgan fingerprint density at radius 2 is 2.05 bits per heavy atom. The second kappa shape index (κ2) is 5.87. The lowest BCUT2D eigenvalue weighted by Gasteiger charge is -2.47. The monoisotopic (exact) mass is 302 g/mol. The van der Waals surface area contributed by atoms with Crippen molar-refractivity contribution in [3.8, 4) is 0 Å². The van der Waals surface area contributed by atoms with E-state index in [-0.39, 0.29) is 12.6 Å². The van der Waals surface area contributed by atoms with Crippen molar-refractivity contribution >= 4 is 16.2 Å². The first-order valence-corrected chi connectivity index (χ1v) is 7.83. The third kappa shape index (κ3) is 3.83. The molecule has 0 aromatic carbocycles. The van der Waals surface area contributed by atoms with Gasteiger partial charge in [-0.15, -0.1) is 0 Å². The fraction of sp³-hybridized carbons (Fsp3) is 0.786. The largest absolute Gasteiger partial charge is 0.494 e.